The molecule has 0 aliphatic carbocycles. The maximum Gasteiger partial charge on any atom is 0.131 e. The van der Waals surface area contributed by atoms with E-state index in [1.807, 2.05) is 6.07 Å². The lowest BCUT2D eigenvalue weighted by molar-refractivity contribution is 0.194. The Morgan fingerprint density at radius 2 is 2.05 bits per heavy atom. The molecule has 19 heavy (non-hydrogen) atoms. The molecule has 2 unspecified atom stereocenters. The first kappa shape index (κ1) is 14.3. The topological polar surface area (TPSA) is 23.5 Å². The van der Waals surface area contributed by atoms with E-state index in [0.29, 0.717) is 11.5 Å². The van der Waals surface area contributed by atoms with Crippen LogP contribution in [0.2, 0.25) is 0 Å². The van der Waals surface area contributed by atoms with Crippen LogP contribution in [0.1, 0.15) is 45.8 Å². The zero-order valence-electron chi connectivity index (χ0n) is 12.3. The van der Waals surface area contributed by atoms with Crippen molar-refractivity contribution in [2.24, 2.45) is 11.3 Å². The molecule has 1 N–H and O–H groups in total. The van der Waals surface area contributed by atoms with Gasteiger partial charge in [0, 0.05) is 24.3 Å². The first-order valence-corrected chi connectivity index (χ1v) is 7.02. The van der Waals surface area contributed by atoms with E-state index in [1.165, 1.54) is 6.07 Å². The van der Waals surface area contributed by atoms with Gasteiger partial charge in [-0.25, -0.2) is 4.39 Å². The number of hydrogen-bond acceptors (Lipinski definition) is 2. The highest BCUT2D eigenvalue weighted by Crippen LogP contribution is 2.38. The Hall–Kier alpha value is -1.09. The molecule has 2 nitrogen and oxygen atoms in total. The van der Waals surface area contributed by atoms with Gasteiger partial charge < -0.3 is 10.0 Å². The van der Waals surface area contributed by atoms with Crippen molar-refractivity contribution >= 4 is 5.69 Å². The second kappa shape index (κ2) is 5.12. The van der Waals surface area contributed by atoms with Crippen molar-refractivity contribution in [2.45, 2.75) is 40.2 Å². The smallest absolute Gasteiger partial charge is 0.131 e. The molecule has 1 fully saturated rings. The molecule has 0 aromatic heterocycles. The van der Waals surface area contributed by atoms with E-state index >= 15 is 0 Å². The molecule has 0 bridgehead atoms. The van der Waals surface area contributed by atoms with Crippen LogP contribution < -0.4 is 4.90 Å². The summed E-state index contributed by atoms with van der Waals surface area (Å²) in [4.78, 5) is 2.21. The van der Waals surface area contributed by atoms with Crippen molar-refractivity contribution in [3.8, 4) is 0 Å². The lowest BCUT2D eigenvalue weighted by Gasteiger charge is -2.28. The zero-order chi connectivity index (χ0) is 14.2. The minimum atomic E-state index is -0.773. The maximum atomic E-state index is 13.9. The lowest BCUT2D eigenvalue weighted by atomic mass is 9.80. The monoisotopic (exact) mass is 265 g/mol. The van der Waals surface area contributed by atoms with Crippen LogP contribution in [0.4, 0.5) is 10.1 Å². The van der Waals surface area contributed by atoms with Gasteiger partial charge in [0.2, 0.25) is 0 Å². The Balaban J connectivity index is 2.27. The van der Waals surface area contributed by atoms with Gasteiger partial charge in [-0.3, -0.25) is 0 Å². The third-order valence-corrected chi connectivity index (χ3v) is 4.20. The lowest BCUT2D eigenvalue weighted by Crippen LogP contribution is -2.26. The van der Waals surface area contributed by atoms with Gasteiger partial charge in [-0.1, -0.05) is 26.8 Å². The van der Waals surface area contributed by atoms with Crippen molar-refractivity contribution in [3.63, 3.8) is 0 Å². The summed E-state index contributed by atoms with van der Waals surface area (Å²) < 4.78 is 13.9. The Morgan fingerprint density at radius 3 is 2.58 bits per heavy atom. The summed E-state index contributed by atoms with van der Waals surface area (Å²) in [7, 11) is 0. The Labute approximate surface area is 115 Å². The van der Waals surface area contributed by atoms with Gasteiger partial charge in [0.1, 0.15) is 5.82 Å². The minimum Gasteiger partial charge on any atom is -0.389 e. The van der Waals surface area contributed by atoms with E-state index in [1.54, 1.807) is 13.0 Å². The van der Waals surface area contributed by atoms with E-state index in [0.717, 1.165) is 25.2 Å². The van der Waals surface area contributed by atoms with E-state index in [-0.39, 0.29) is 11.2 Å². The molecule has 3 heteroatoms. The highest BCUT2D eigenvalue weighted by molar-refractivity contribution is 5.56. The standard InChI is InChI=1S/C16H24FNO/c1-11(19)15-13(17)6-5-7-14(15)18-9-8-12(10-18)16(2,3)4/h5-7,11-12,19H,8-10H2,1-4H3. The normalized spacial score (nSPS) is 21.8. The summed E-state index contributed by atoms with van der Waals surface area (Å²) in [5, 5.41) is 9.80. The predicted octanol–water partition coefficient (Wildman–Crippen LogP) is 3.75. The Bertz CT molecular complexity index is 451. The van der Waals surface area contributed by atoms with E-state index < -0.39 is 6.10 Å². The number of benzene rings is 1. The first-order chi connectivity index (χ1) is 8.80. The fourth-order valence-corrected chi connectivity index (χ4v) is 2.90. The first-order valence-electron chi connectivity index (χ1n) is 7.02. The van der Waals surface area contributed by atoms with Crippen LogP contribution in [0.3, 0.4) is 0 Å². The fourth-order valence-electron chi connectivity index (χ4n) is 2.90. The van der Waals surface area contributed by atoms with Crippen molar-refractivity contribution in [3.05, 3.63) is 29.6 Å². The number of hydrogen-bond donors (Lipinski definition) is 1. The molecule has 1 aliphatic rings. The van der Waals surface area contributed by atoms with Crippen molar-refractivity contribution < 1.29 is 9.50 Å². The van der Waals surface area contributed by atoms with Crippen LogP contribution >= 0.6 is 0 Å². The highest BCUT2D eigenvalue weighted by atomic mass is 19.1. The molecule has 1 aliphatic heterocycles. The van der Waals surface area contributed by atoms with Gasteiger partial charge in [-0.05, 0) is 36.8 Å². The molecule has 1 aromatic rings. The predicted molar refractivity (Wildman–Crippen MR) is 76.8 cm³/mol. The van der Waals surface area contributed by atoms with Gasteiger partial charge in [0.25, 0.3) is 0 Å². The second-order valence-electron chi connectivity index (χ2n) is 6.65. The Morgan fingerprint density at radius 1 is 1.37 bits per heavy atom. The number of rotatable bonds is 2. The maximum absolute atomic E-state index is 13.9. The molecule has 0 saturated carbocycles. The molecule has 106 valence electrons. The summed E-state index contributed by atoms with van der Waals surface area (Å²) in [6.07, 6.45) is 0.351. The molecule has 0 spiro atoms. The number of nitrogens with zero attached hydrogens (tertiary/aromatic N) is 1. The average molecular weight is 265 g/mol. The SMILES string of the molecule is CC(O)c1c(F)cccc1N1CCC(C(C)(C)C)C1. The zero-order valence-corrected chi connectivity index (χ0v) is 12.3. The third kappa shape index (κ3) is 2.92. The van der Waals surface area contributed by atoms with E-state index in [9.17, 15) is 9.50 Å². The van der Waals surface area contributed by atoms with Crippen molar-refractivity contribution in [1.82, 2.24) is 0 Å². The van der Waals surface area contributed by atoms with Crippen molar-refractivity contribution in [2.75, 3.05) is 18.0 Å². The van der Waals surface area contributed by atoms with Crippen LogP contribution in [-0.2, 0) is 0 Å². The average Bonchev–Trinajstić information content (AvgIpc) is 2.76. The van der Waals surface area contributed by atoms with Gasteiger partial charge in [-0.2, -0.15) is 0 Å². The van der Waals surface area contributed by atoms with Gasteiger partial charge >= 0.3 is 0 Å². The number of aliphatic hydroxyl groups is 1. The molecule has 2 rings (SSSR count). The van der Waals surface area contributed by atoms with Crippen LogP contribution in [0.15, 0.2) is 18.2 Å². The second-order valence-corrected chi connectivity index (χ2v) is 6.65. The molecular weight excluding hydrogens is 241 g/mol. The molecule has 0 radical (unpaired) electrons. The summed E-state index contributed by atoms with van der Waals surface area (Å²) in [6.45, 7) is 10.3. The van der Waals surface area contributed by atoms with Crippen LogP contribution in [-0.4, -0.2) is 18.2 Å². The number of aliphatic hydroxyl groups excluding tert-OH is 1. The third-order valence-electron chi connectivity index (χ3n) is 4.20. The minimum absolute atomic E-state index is 0.271. The van der Waals surface area contributed by atoms with Crippen molar-refractivity contribution in [1.29, 1.82) is 0 Å². The number of halogens is 1. The van der Waals surface area contributed by atoms with Crippen LogP contribution in [0.25, 0.3) is 0 Å². The summed E-state index contributed by atoms with van der Waals surface area (Å²) in [5.41, 5.74) is 1.55. The van der Waals surface area contributed by atoms with Gasteiger partial charge in [0.15, 0.2) is 0 Å². The van der Waals surface area contributed by atoms with E-state index in [4.69, 9.17) is 0 Å². The summed E-state index contributed by atoms with van der Waals surface area (Å²) in [6, 6.07) is 5.06. The fraction of sp³-hybridized carbons (Fsp3) is 0.625. The quantitative estimate of drug-likeness (QED) is 0.880. The largest absolute Gasteiger partial charge is 0.389 e. The molecule has 1 saturated heterocycles. The molecule has 2 atom stereocenters. The van der Waals surface area contributed by atoms with Gasteiger partial charge in [-0.15, -0.1) is 0 Å². The highest BCUT2D eigenvalue weighted by Gasteiger charge is 2.33. The van der Waals surface area contributed by atoms with Crippen LogP contribution in [0, 0.1) is 17.2 Å². The Kier molecular flexibility index (Phi) is 3.86. The molecule has 1 aromatic carbocycles. The molecular formula is C16H24FNO. The van der Waals surface area contributed by atoms with Gasteiger partial charge in [0.05, 0.1) is 6.10 Å². The number of anilines is 1. The van der Waals surface area contributed by atoms with E-state index in [2.05, 4.69) is 25.7 Å². The molecule has 0 amide bonds. The molecule has 1 heterocycles. The summed E-state index contributed by atoms with van der Waals surface area (Å²) in [5.74, 6) is 0.296. The van der Waals surface area contributed by atoms with Crippen LogP contribution in [0.5, 0.6) is 0 Å². The summed E-state index contributed by atoms with van der Waals surface area (Å²) >= 11 is 0.